The minimum atomic E-state index is 0.111. The summed E-state index contributed by atoms with van der Waals surface area (Å²) in [7, 11) is 0. The second-order valence-electron chi connectivity index (χ2n) is 2.93. The van der Waals surface area contributed by atoms with Crippen molar-refractivity contribution in [1.82, 2.24) is 4.98 Å². The van der Waals surface area contributed by atoms with Crippen LogP contribution in [0, 0.1) is 0 Å². The molecule has 62 valence electrons. The van der Waals surface area contributed by atoms with Gasteiger partial charge in [-0.2, -0.15) is 0 Å². The van der Waals surface area contributed by atoms with Gasteiger partial charge < -0.3 is 4.90 Å². The van der Waals surface area contributed by atoms with Crippen LogP contribution in [-0.4, -0.2) is 17.4 Å². The first-order valence-corrected chi connectivity index (χ1v) is 4.00. The van der Waals surface area contributed by atoms with E-state index < -0.39 is 0 Å². The van der Waals surface area contributed by atoms with E-state index in [2.05, 4.69) is 4.98 Å². The highest BCUT2D eigenvalue weighted by Gasteiger charge is 2.21. The molecule has 1 aliphatic heterocycles. The molecule has 0 unspecified atom stereocenters. The molecule has 0 saturated heterocycles. The first kappa shape index (κ1) is 7.28. The van der Waals surface area contributed by atoms with Crippen molar-refractivity contribution in [1.29, 1.82) is 0 Å². The molecule has 0 bridgehead atoms. The summed E-state index contributed by atoms with van der Waals surface area (Å²) in [6, 6.07) is 1.89. The van der Waals surface area contributed by atoms with Crippen LogP contribution in [0.2, 0.25) is 0 Å². The zero-order chi connectivity index (χ0) is 8.55. The van der Waals surface area contributed by atoms with Crippen LogP contribution in [0.15, 0.2) is 18.5 Å². The van der Waals surface area contributed by atoms with Crippen LogP contribution in [0.1, 0.15) is 12.5 Å². The summed E-state index contributed by atoms with van der Waals surface area (Å²) in [5, 5.41) is 0. The highest BCUT2D eigenvalue weighted by molar-refractivity contribution is 5.93. The summed E-state index contributed by atoms with van der Waals surface area (Å²) in [6.45, 7) is 2.39. The number of rotatable bonds is 0. The summed E-state index contributed by atoms with van der Waals surface area (Å²) < 4.78 is 0. The number of pyridine rings is 1. The van der Waals surface area contributed by atoms with Crippen molar-refractivity contribution in [3.05, 3.63) is 24.0 Å². The second kappa shape index (κ2) is 2.59. The highest BCUT2D eigenvalue weighted by Crippen LogP contribution is 2.26. The van der Waals surface area contributed by atoms with E-state index in [-0.39, 0.29) is 5.91 Å². The molecular formula is C9H10N2O. The van der Waals surface area contributed by atoms with Gasteiger partial charge in [0.1, 0.15) is 0 Å². The lowest BCUT2D eigenvalue weighted by Gasteiger charge is -2.13. The molecule has 1 aromatic rings. The van der Waals surface area contributed by atoms with Gasteiger partial charge in [-0.05, 0) is 18.1 Å². The molecule has 2 rings (SSSR count). The number of anilines is 1. The molecule has 1 amide bonds. The molecule has 0 atom stereocenters. The number of carbonyl (C=O) groups excluding carboxylic acids is 1. The Hall–Kier alpha value is -1.38. The lowest BCUT2D eigenvalue weighted by Crippen LogP contribution is -2.25. The van der Waals surface area contributed by atoms with Gasteiger partial charge in [0.2, 0.25) is 5.91 Å². The largest absolute Gasteiger partial charge is 0.312 e. The zero-order valence-corrected chi connectivity index (χ0v) is 6.95. The van der Waals surface area contributed by atoms with Crippen LogP contribution in [0.25, 0.3) is 0 Å². The molecule has 1 aromatic heterocycles. The Morgan fingerprint density at radius 2 is 2.50 bits per heavy atom. The predicted molar refractivity (Wildman–Crippen MR) is 46.0 cm³/mol. The maximum atomic E-state index is 11.1. The van der Waals surface area contributed by atoms with Crippen LogP contribution in [0.5, 0.6) is 0 Å². The summed E-state index contributed by atoms with van der Waals surface area (Å²) in [4.78, 5) is 16.9. The third-order valence-electron chi connectivity index (χ3n) is 2.15. The number of hydrogen-bond acceptors (Lipinski definition) is 2. The minimum absolute atomic E-state index is 0.111. The summed E-state index contributed by atoms with van der Waals surface area (Å²) in [5.41, 5.74) is 2.20. The van der Waals surface area contributed by atoms with E-state index in [0.717, 1.165) is 18.7 Å². The maximum absolute atomic E-state index is 11.1. The third kappa shape index (κ3) is 0.978. The second-order valence-corrected chi connectivity index (χ2v) is 2.93. The van der Waals surface area contributed by atoms with Crippen LogP contribution in [0.3, 0.4) is 0 Å². The number of nitrogens with zero attached hydrogens (tertiary/aromatic N) is 2. The zero-order valence-electron chi connectivity index (χ0n) is 6.95. The lowest BCUT2D eigenvalue weighted by atomic mass is 10.2. The Morgan fingerprint density at radius 1 is 1.67 bits per heavy atom. The van der Waals surface area contributed by atoms with Crippen molar-refractivity contribution in [2.24, 2.45) is 0 Å². The molecule has 1 aliphatic rings. The van der Waals surface area contributed by atoms with Crippen molar-refractivity contribution >= 4 is 11.6 Å². The van der Waals surface area contributed by atoms with Gasteiger partial charge in [0.25, 0.3) is 0 Å². The molecule has 0 fully saturated rings. The average molecular weight is 162 g/mol. The molecule has 0 spiro atoms. The summed E-state index contributed by atoms with van der Waals surface area (Å²) in [5.74, 6) is 0.111. The molecule has 2 heterocycles. The number of amides is 1. The van der Waals surface area contributed by atoms with E-state index in [9.17, 15) is 4.79 Å². The van der Waals surface area contributed by atoms with E-state index in [4.69, 9.17) is 0 Å². The van der Waals surface area contributed by atoms with Crippen LogP contribution in [-0.2, 0) is 11.2 Å². The fourth-order valence-corrected chi connectivity index (χ4v) is 1.56. The van der Waals surface area contributed by atoms with Crippen molar-refractivity contribution in [3.63, 3.8) is 0 Å². The molecule has 0 aliphatic carbocycles. The van der Waals surface area contributed by atoms with Gasteiger partial charge in [-0.15, -0.1) is 0 Å². The Balaban J connectivity index is 2.42. The van der Waals surface area contributed by atoms with Crippen molar-refractivity contribution in [3.8, 4) is 0 Å². The van der Waals surface area contributed by atoms with Crippen molar-refractivity contribution in [2.45, 2.75) is 13.3 Å². The van der Waals surface area contributed by atoms with Crippen LogP contribution >= 0.6 is 0 Å². The predicted octanol–water partition coefficient (Wildman–Crippen LogP) is 0.991. The van der Waals surface area contributed by atoms with E-state index in [1.807, 2.05) is 12.3 Å². The van der Waals surface area contributed by atoms with E-state index in [1.165, 1.54) is 5.56 Å². The van der Waals surface area contributed by atoms with Crippen LogP contribution in [0.4, 0.5) is 5.69 Å². The summed E-state index contributed by atoms with van der Waals surface area (Å²) >= 11 is 0. The molecule has 3 heteroatoms. The molecule has 0 saturated carbocycles. The number of aromatic nitrogens is 1. The Labute approximate surface area is 71.0 Å². The first-order valence-electron chi connectivity index (χ1n) is 4.00. The molecule has 0 radical (unpaired) electrons. The smallest absolute Gasteiger partial charge is 0.223 e. The SMILES string of the molecule is CC(=O)N1CCc2cnccc21. The van der Waals surface area contributed by atoms with E-state index in [1.54, 1.807) is 18.0 Å². The van der Waals surface area contributed by atoms with Gasteiger partial charge in [0.05, 0.1) is 0 Å². The molecule has 0 N–H and O–H groups in total. The Bertz CT molecular complexity index is 322. The molecule has 0 aromatic carbocycles. The van der Waals surface area contributed by atoms with Gasteiger partial charge in [-0.1, -0.05) is 0 Å². The number of hydrogen-bond donors (Lipinski definition) is 0. The monoisotopic (exact) mass is 162 g/mol. The van der Waals surface area contributed by atoms with Crippen LogP contribution < -0.4 is 4.90 Å². The average Bonchev–Trinajstić information content (AvgIpc) is 2.47. The van der Waals surface area contributed by atoms with Gasteiger partial charge in [-0.25, -0.2) is 0 Å². The fourth-order valence-electron chi connectivity index (χ4n) is 1.56. The Morgan fingerprint density at radius 3 is 3.25 bits per heavy atom. The molecular weight excluding hydrogens is 152 g/mol. The number of fused-ring (bicyclic) bond motifs is 1. The topological polar surface area (TPSA) is 33.2 Å². The van der Waals surface area contributed by atoms with Gasteiger partial charge >= 0.3 is 0 Å². The standard InChI is InChI=1S/C9H10N2O/c1-7(12)11-5-3-8-6-10-4-2-9(8)11/h2,4,6H,3,5H2,1H3. The lowest BCUT2D eigenvalue weighted by molar-refractivity contribution is -0.116. The molecule has 12 heavy (non-hydrogen) atoms. The van der Waals surface area contributed by atoms with Crippen molar-refractivity contribution < 1.29 is 4.79 Å². The normalized spacial score (nSPS) is 14.6. The minimum Gasteiger partial charge on any atom is -0.312 e. The summed E-state index contributed by atoms with van der Waals surface area (Å²) in [6.07, 6.45) is 4.49. The first-order chi connectivity index (χ1) is 5.79. The van der Waals surface area contributed by atoms with E-state index >= 15 is 0 Å². The van der Waals surface area contributed by atoms with Gasteiger partial charge in [0.15, 0.2) is 0 Å². The maximum Gasteiger partial charge on any atom is 0.223 e. The quantitative estimate of drug-likeness (QED) is 0.570. The van der Waals surface area contributed by atoms with Gasteiger partial charge in [0, 0.05) is 31.5 Å². The highest BCUT2D eigenvalue weighted by atomic mass is 16.2. The van der Waals surface area contributed by atoms with Crippen molar-refractivity contribution in [2.75, 3.05) is 11.4 Å². The third-order valence-corrected chi connectivity index (χ3v) is 2.15. The fraction of sp³-hybridized carbons (Fsp3) is 0.333. The molecule has 3 nitrogen and oxygen atoms in total. The number of carbonyl (C=O) groups is 1. The van der Waals surface area contributed by atoms with E-state index in [0.29, 0.717) is 0 Å². The van der Waals surface area contributed by atoms with Gasteiger partial charge in [-0.3, -0.25) is 9.78 Å². The Kier molecular flexibility index (Phi) is 1.57.